The molecule has 1 heterocycles. The van der Waals surface area contributed by atoms with Crippen molar-refractivity contribution in [2.45, 2.75) is 13.0 Å². The molecule has 0 aliphatic heterocycles. The summed E-state index contributed by atoms with van der Waals surface area (Å²) in [6, 6.07) is 6.17. The van der Waals surface area contributed by atoms with Gasteiger partial charge in [0.15, 0.2) is 0 Å². The van der Waals surface area contributed by atoms with Gasteiger partial charge < -0.3 is 15.6 Å². The Kier molecular flexibility index (Phi) is 3.91. The van der Waals surface area contributed by atoms with Crippen molar-refractivity contribution < 1.29 is 4.79 Å². The molecule has 0 saturated carbocycles. The van der Waals surface area contributed by atoms with Gasteiger partial charge in [-0.25, -0.2) is 4.98 Å². The molecule has 0 saturated heterocycles. The molecule has 2 rings (SSSR count). The third-order valence-electron chi connectivity index (χ3n) is 2.82. The molecule has 1 atom stereocenters. The summed E-state index contributed by atoms with van der Waals surface area (Å²) in [6.07, 6.45) is 3.05. The molecule has 1 aromatic heterocycles. The van der Waals surface area contributed by atoms with Crippen LogP contribution >= 0.6 is 11.6 Å². The van der Waals surface area contributed by atoms with E-state index in [0.717, 1.165) is 0 Å². The zero-order valence-electron chi connectivity index (χ0n) is 10.7. The molecule has 1 aromatic carbocycles. The second-order valence-electron chi connectivity index (χ2n) is 4.17. The highest BCUT2D eigenvalue weighted by Crippen LogP contribution is 2.25. The number of nitrogen functional groups attached to an aromatic ring is 1. The molecule has 0 spiro atoms. The third kappa shape index (κ3) is 2.73. The number of hydrogen-bond acceptors (Lipinski definition) is 4. The minimum absolute atomic E-state index is 0.177. The number of nitrogens with two attached hydrogens (primary N) is 1. The molecule has 0 fully saturated rings. The minimum atomic E-state index is -0.583. The van der Waals surface area contributed by atoms with Crippen molar-refractivity contribution in [1.29, 1.82) is 5.26 Å². The molecule has 20 heavy (non-hydrogen) atoms. The molecule has 0 radical (unpaired) electrons. The van der Waals surface area contributed by atoms with Crippen LogP contribution in [0.25, 0.3) is 0 Å². The Morgan fingerprint density at radius 2 is 2.35 bits per heavy atom. The fraction of sp³-hybridized carbons (Fsp3) is 0.154. The lowest BCUT2D eigenvalue weighted by Crippen LogP contribution is -2.24. The van der Waals surface area contributed by atoms with Crippen LogP contribution in [0.2, 0.25) is 5.02 Å². The van der Waals surface area contributed by atoms with Gasteiger partial charge >= 0.3 is 0 Å². The third-order valence-corrected chi connectivity index (χ3v) is 3.13. The van der Waals surface area contributed by atoms with Gasteiger partial charge in [0.05, 0.1) is 10.7 Å². The second-order valence-corrected chi connectivity index (χ2v) is 4.58. The van der Waals surface area contributed by atoms with Crippen LogP contribution in [0, 0.1) is 11.3 Å². The lowest BCUT2D eigenvalue weighted by molar-refractivity contribution is -0.118. The highest BCUT2D eigenvalue weighted by molar-refractivity contribution is 6.34. The maximum Gasteiger partial charge on any atom is 0.247 e. The number of rotatable bonds is 3. The maximum atomic E-state index is 12.2. The number of carbonyl (C=O) groups is 1. The van der Waals surface area contributed by atoms with Gasteiger partial charge in [0.2, 0.25) is 11.7 Å². The summed E-state index contributed by atoms with van der Waals surface area (Å²) in [4.78, 5) is 16.0. The molecule has 102 valence electrons. The fourth-order valence-electron chi connectivity index (χ4n) is 1.71. The van der Waals surface area contributed by atoms with Gasteiger partial charge in [0.1, 0.15) is 12.1 Å². The van der Waals surface area contributed by atoms with E-state index in [9.17, 15) is 4.79 Å². The summed E-state index contributed by atoms with van der Waals surface area (Å²) in [5, 5.41) is 12.0. The highest BCUT2D eigenvalue weighted by atomic mass is 35.5. The second kappa shape index (κ2) is 5.63. The van der Waals surface area contributed by atoms with E-state index >= 15 is 0 Å². The van der Waals surface area contributed by atoms with E-state index in [0.29, 0.717) is 16.4 Å². The summed E-state index contributed by atoms with van der Waals surface area (Å²) in [5.41, 5.74) is 6.57. The van der Waals surface area contributed by atoms with Crippen LogP contribution in [0.3, 0.4) is 0 Å². The molecule has 2 aromatic rings. The Labute approximate surface area is 120 Å². The Morgan fingerprint density at radius 1 is 1.60 bits per heavy atom. The Bertz CT molecular complexity index is 688. The van der Waals surface area contributed by atoms with Crippen molar-refractivity contribution in [3.8, 4) is 6.07 Å². The quantitative estimate of drug-likeness (QED) is 0.846. The normalized spacial score (nSPS) is 11.7. The van der Waals surface area contributed by atoms with Crippen molar-refractivity contribution >= 4 is 28.9 Å². The lowest BCUT2D eigenvalue weighted by atomic mass is 10.2. The summed E-state index contributed by atoms with van der Waals surface area (Å²) < 4.78 is 1.49. The fourth-order valence-corrected chi connectivity index (χ4v) is 1.94. The van der Waals surface area contributed by atoms with E-state index in [4.69, 9.17) is 22.6 Å². The number of halogens is 1. The summed E-state index contributed by atoms with van der Waals surface area (Å²) in [7, 11) is 0. The van der Waals surface area contributed by atoms with Gasteiger partial charge in [-0.2, -0.15) is 5.26 Å². The molecule has 0 aliphatic carbocycles. The summed E-state index contributed by atoms with van der Waals surface area (Å²) >= 11 is 6.00. The van der Waals surface area contributed by atoms with E-state index in [1.807, 2.05) is 6.07 Å². The van der Waals surface area contributed by atoms with Crippen molar-refractivity contribution in [2.24, 2.45) is 0 Å². The first-order valence-corrected chi connectivity index (χ1v) is 6.19. The Morgan fingerprint density at radius 3 is 3.00 bits per heavy atom. The van der Waals surface area contributed by atoms with Crippen molar-refractivity contribution in [1.82, 2.24) is 9.55 Å². The summed E-state index contributed by atoms with van der Waals surface area (Å²) in [5.74, 6) is -0.123. The Hall–Kier alpha value is -2.52. The van der Waals surface area contributed by atoms with Crippen LogP contribution in [-0.2, 0) is 4.79 Å². The van der Waals surface area contributed by atoms with Crippen molar-refractivity contribution in [3.05, 3.63) is 41.4 Å². The largest absolute Gasteiger partial charge is 0.399 e. The van der Waals surface area contributed by atoms with Gasteiger partial charge in [0.25, 0.3) is 0 Å². The average Bonchev–Trinajstić information content (AvgIpc) is 2.89. The monoisotopic (exact) mass is 289 g/mol. The predicted molar refractivity (Wildman–Crippen MR) is 76.1 cm³/mol. The molecular weight excluding hydrogens is 278 g/mol. The number of nitrogens with one attached hydrogen (secondary N) is 1. The first-order valence-electron chi connectivity index (χ1n) is 5.81. The molecule has 6 nitrogen and oxygen atoms in total. The number of nitrogens with zero attached hydrogens (tertiary/aromatic N) is 3. The molecule has 0 bridgehead atoms. The molecule has 3 N–H and O–H groups in total. The standard InChI is InChI=1S/C13H12ClN5O/c1-8(19-5-4-17-12(19)7-15)13(20)18-11-3-2-9(16)6-10(11)14/h2-6,8H,16H2,1H3,(H,18,20). The summed E-state index contributed by atoms with van der Waals surface area (Å²) in [6.45, 7) is 1.67. The van der Waals surface area contributed by atoms with E-state index in [-0.39, 0.29) is 11.7 Å². The maximum absolute atomic E-state index is 12.2. The van der Waals surface area contributed by atoms with Gasteiger partial charge in [-0.15, -0.1) is 0 Å². The number of anilines is 2. The molecule has 0 aliphatic rings. The number of nitriles is 1. The number of hydrogen-bond donors (Lipinski definition) is 2. The van der Waals surface area contributed by atoms with Crippen LogP contribution < -0.4 is 11.1 Å². The van der Waals surface area contributed by atoms with E-state index in [2.05, 4.69) is 10.3 Å². The number of amides is 1. The lowest BCUT2D eigenvalue weighted by Gasteiger charge is -2.15. The molecular formula is C13H12ClN5O. The Balaban J connectivity index is 2.18. The molecule has 7 heteroatoms. The zero-order valence-corrected chi connectivity index (χ0v) is 11.4. The van der Waals surface area contributed by atoms with E-state index in [1.54, 1.807) is 31.3 Å². The first kappa shape index (κ1) is 13.9. The number of imidazole rings is 1. The predicted octanol–water partition coefficient (Wildman–Crippen LogP) is 2.19. The van der Waals surface area contributed by atoms with Crippen LogP contribution in [0.4, 0.5) is 11.4 Å². The highest BCUT2D eigenvalue weighted by Gasteiger charge is 2.18. The van der Waals surface area contributed by atoms with Gasteiger partial charge in [0, 0.05) is 18.1 Å². The van der Waals surface area contributed by atoms with Crippen molar-refractivity contribution in [3.63, 3.8) is 0 Å². The van der Waals surface area contributed by atoms with Crippen LogP contribution in [0.5, 0.6) is 0 Å². The average molecular weight is 290 g/mol. The van der Waals surface area contributed by atoms with Gasteiger partial charge in [-0.05, 0) is 25.1 Å². The molecule has 1 amide bonds. The zero-order chi connectivity index (χ0) is 14.7. The minimum Gasteiger partial charge on any atom is -0.399 e. The van der Waals surface area contributed by atoms with Crippen LogP contribution in [0.15, 0.2) is 30.6 Å². The number of benzene rings is 1. The SMILES string of the molecule is CC(C(=O)Nc1ccc(N)cc1Cl)n1ccnc1C#N. The van der Waals surface area contributed by atoms with Crippen molar-refractivity contribution in [2.75, 3.05) is 11.1 Å². The smallest absolute Gasteiger partial charge is 0.247 e. The number of carbonyl (C=O) groups excluding carboxylic acids is 1. The van der Waals surface area contributed by atoms with E-state index in [1.165, 1.54) is 10.8 Å². The first-order chi connectivity index (χ1) is 9.52. The van der Waals surface area contributed by atoms with Gasteiger partial charge in [-0.1, -0.05) is 11.6 Å². The van der Waals surface area contributed by atoms with Gasteiger partial charge in [-0.3, -0.25) is 4.79 Å². The molecule has 1 unspecified atom stereocenters. The topological polar surface area (TPSA) is 96.7 Å². The van der Waals surface area contributed by atoms with Crippen LogP contribution in [0.1, 0.15) is 18.8 Å². The van der Waals surface area contributed by atoms with E-state index < -0.39 is 6.04 Å². The van der Waals surface area contributed by atoms with Crippen LogP contribution in [-0.4, -0.2) is 15.5 Å². The number of aromatic nitrogens is 2.